The molecule has 13 nitrogen and oxygen atoms in total. The molecule has 0 spiro atoms. The van der Waals surface area contributed by atoms with Gasteiger partial charge in [-0.05, 0) is 55.6 Å². The minimum absolute atomic E-state index is 0.0798. The molecule has 0 bridgehead atoms. The lowest BCUT2D eigenvalue weighted by atomic mass is 9.91. The first kappa shape index (κ1) is 30.2. The van der Waals surface area contributed by atoms with Crippen molar-refractivity contribution in [2.45, 2.75) is 62.8 Å². The summed E-state index contributed by atoms with van der Waals surface area (Å²) in [5.74, 6) is 1.68. The molecule has 2 aromatic carbocycles. The van der Waals surface area contributed by atoms with Crippen LogP contribution >= 0.6 is 0 Å². The van der Waals surface area contributed by atoms with Gasteiger partial charge < -0.3 is 30.3 Å². The van der Waals surface area contributed by atoms with E-state index in [1.807, 2.05) is 16.7 Å². The molecule has 3 aromatic heterocycles. The number of rotatable bonds is 11. The molecule has 4 atom stereocenters. The van der Waals surface area contributed by atoms with Gasteiger partial charge in [0.1, 0.15) is 18.2 Å². The summed E-state index contributed by atoms with van der Waals surface area (Å²) in [4.78, 5) is 18.4. The molecule has 1 saturated heterocycles. The smallest absolute Gasteiger partial charge is 0.226 e. The summed E-state index contributed by atoms with van der Waals surface area (Å²) < 4.78 is 1.85. The van der Waals surface area contributed by atoms with Crippen molar-refractivity contribution in [3.63, 3.8) is 0 Å². The Morgan fingerprint density at radius 2 is 1.57 bits per heavy atom. The maximum Gasteiger partial charge on any atom is 0.226 e. The Hall–Kier alpha value is -4.46. The molecule has 13 heteroatoms. The Kier molecular flexibility index (Phi) is 8.86. The molecule has 2 aliphatic rings. The number of aryl methyl sites for hydroxylation is 1. The van der Waals surface area contributed by atoms with E-state index in [4.69, 9.17) is 15.0 Å². The van der Waals surface area contributed by atoms with Crippen LogP contribution in [0.3, 0.4) is 0 Å². The molecule has 0 amide bonds. The number of aliphatic hydroxyl groups excluding tert-OH is 2. The quantitative estimate of drug-likeness (QED) is 0.171. The highest BCUT2D eigenvalue weighted by Crippen LogP contribution is 2.39. The first-order valence-electron chi connectivity index (χ1n) is 16.2. The summed E-state index contributed by atoms with van der Waals surface area (Å²) >= 11 is 0. The number of tetrazole rings is 1. The van der Waals surface area contributed by atoms with Crippen molar-refractivity contribution in [1.82, 2.24) is 44.6 Å². The fourth-order valence-electron chi connectivity index (χ4n) is 6.80. The molecule has 5 aromatic rings. The van der Waals surface area contributed by atoms with Gasteiger partial charge in [-0.3, -0.25) is 0 Å². The SMILES string of the molecule is Cc1nnn([C@H]2C[C@@H](n3cnc4c(NCC(c5ccccc5)c5ccccc5)nc(NCCN5CCCCC5)nc43)[C@H](O)[C@@H]2O)n1. The molecule has 1 aliphatic heterocycles. The number of fused-ring (bicyclic) bond motifs is 1. The number of nitrogens with one attached hydrogen (secondary N) is 2. The van der Waals surface area contributed by atoms with Crippen molar-refractivity contribution >= 4 is 22.9 Å². The fourth-order valence-corrected chi connectivity index (χ4v) is 6.80. The molecular weight excluding hydrogens is 582 g/mol. The zero-order valence-corrected chi connectivity index (χ0v) is 26.0. The van der Waals surface area contributed by atoms with Crippen LogP contribution in [0.15, 0.2) is 67.0 Å². The van der Waals surface area contributed by atoms with Crippen LogP contribution < -0.4 is 10.6 Å². The normalized spacial score (nSPS) is 22.1. The van der Waals surface area contributed by atoms with Gasteiger partial charge in [-0.25, -0.2) is 4.98 Å². The minimum Gasteiger partial charge on any atom is -0.388 e. The molecular formula is C33H41N11O2. The molecule has 46 heavy (non-hydrogen) atoms. The number of likely N-dealkylation sites (tertiary alicyclic amines) is 1. The van der Waals surface area contributed by atoms with Gasteiger partial charge in [0, 0.05) is 25.6 Å². The Labute approximate surface area is 267 Å². The molecule has 0 unspecified atom stereocenters. The van der Waals surface area contributed by atoms with Gasteiger partial charge in [0.25, 0.3) is 0 Å². The third-order valence-electron chi connectivity index (χ3n) is 9.26. The Balaban J connectivity index is 1.20. The molecule has 2 fully saturated rings. The largest absolute Gasteiger partial charge is 0.388 e. The van der Waals surface area contributed by atoms with Crippen molar-refractivity contribution < 1.29 is 10.2 Å². The van der Waals surface area contributed by atoms with Crippen molar-refractivity contribution in [3.05, 3.63) is 83.9 Å². The van der Waals surface area contributed by atoms with Crippen LogP contribution in [0.2, 0.25) is 0 Å². The molecule has 240 valence electrons. The van der Waals surface area contributed by atoms with E-state index in [-0.39, 0.29) is 5.92 Å². The fraction of sp³-hybridized carbons (Fsp3) is 0.455. The number of imidazole rings is 1. The number of hydrogen-bond donors (Lipinski definition) is 4. The third-order valence-corrected chi connectivity index (χ3v) is 9.26. The van der Waals surface area contributed by atoms with Gasteiger partial charge in [0.15, 0.2) is 22.8 Å². The van der Waals surface area contributed by atoms with E-state index in [2.05, 4.69) is 79.5 Å². The topological polar surface area (TPSA) is 155 Å². The number of hydrogen-bond acceptors (Lipinski definition) is 11. The highest BCUT2D eigenvalue weighted by Gasteiger charge is 2.45. The molecule has 4 N–H and O–H groups in total. The predicted octanol–water partition coefficient (Wildman–Crippen LogP) is 3.17. The van der Waals surface area contributed by atoms with Crippen LogP contribution in [-0.4, -0.2) is 99.8 Å². The lowest BCUT2D eigenvalue weighted by Crippen LogP contribution is -2.34. The average Bonchev–Trinajstić information content (AvgIpc) is 3.79. The van der Waals surface area contributed by atoms with E-state index in [1.165, 1.54) is 35.2 Å². The molecule has 4 heterocycles. The number of benzene rings is 2. The number of aromatic nitrogens is 8. The van der Waals surface area contributed by atoms with Gasteiger partial charge in [-0.2, -0.15) is 14.8 Å². The van der Waals surface area contributed by atoms with E-state index in [1.54, 1.807) is 13.3 Å². The lowest BCUT2D eigenvalue weighted by Gasteiger charge is -2.26. The van der Waals surface area contributed by atoms with Crippen molar-refractivity contribution in [2.24, 2.45) is 0 Å². The Morgan fingerprint density at radius 3 is 2.24 bits per heavy atom. The highest BCUT2D eigenvalue weighted by molar-refractivity contribution is 5.84. The maximum atomic E-state index is 11.2. The summed E-state index contributed by atoms with van der Waals surface area (Å²) in [6, 6.07) is 19.8. The van der Waals surface area contributed by atoms with Crippen molar-refractivity contribution in [2.75, 3.05) is 43.4 Å². The van der Waals surface area contributed by atoms with Crippen LogP contribution in [0.25, 0.3) is 11.2 Å². The summed E-state index contributed by atoms with van der Waals surface area (Å²) in [7, 11) is 0. The maximum absolute atomic E-state index is 11.2. The van der Waals surface area contributed by atoms with E-state index in [0.717, 1.165) is 19.6 Å². The summed E-state index contributed by atoms with van der Waals surface area (Å²) in [5.41, 5.74) is 3.57. The van der Waals surface area contributed by atoms with Gasteiger partial charge in [-0.1, -0.05) is 67.1 Å². The Morgan fingerprint density at radius 1 is 0.870 bits per heavy atom. The first-order valence-corrected chi connectivity index (χ1v) is 16.2. The number of aliphatic hydroxyl groups is 2. The third kappa shape index (κ3) is 6.30. The van der Waals surface area contributed by atoms with E-state index >= 15 is 0 Å². The summed E-state index contributed by atoms with van der Waals surface area (Å²) in [6.45, 7) is 6.18. The number of nitrogens with zero attached hydrogens (tertiary/aromatic N) is 9. The molecule has 0 radical (unpaired) electrons. The first-order chi connectivity index (χ1) is 22.5. The van der Waals surface area contributed by atoms with Crippen LogP contribution in [0.4, 0.5) is 11.8 Å². The second kappa shape index (κ2) is 13.5. The highest BCUT2D eigenvalue weighted by atomic mass is 16.3. The second-order valence-electron chi connectivity index (χ2n) is 12.3. The zero-order valence-electron chi connectivity index (χ0n) is 26.0. The zero-order chi connectivity index (χ0) is 31.5. The van der Waals surface area contributed by atoms with Crippen LogP contribution in [0.5, 0.6) is 0 Å². The van der Waals surface area contributed by atoms with Crippen LogP contribution in [0, 0.1) is 6.92 Å². The predicted molar refractivity (Wildman–Crippen MR) is 175 cm³/mol. The summed E-state index contributed by atoms with van der Waals surface area (Å²) in [6.07, 6.45) is 3.69. The van der Waals surface area contributed by atoms with E-state index < -0.39 is 24.3 Å². The lowest BCUT2D eigenvalue weighted by molar-refractivity contribution is 0.00474. The van der Waals surface area contributed by atoms with Gasteiger partial charge >= 0.3 is 0 Å². The van der Waals surface area contributed by atoms with Crippen molar-refractivity contribution in [1.29, 1.82) is 0 Å². The monoisotopic (exact) mass is 623 g/mol. The van der Waals surface area contributed by atoms with Gasteiger partial charge in [0.2, 0.25) is 5.95 Å². The average molecular weight is 624 g/mol. The van der Waals surface area contributed by atoms with Crippen LogP contribution in [0.1, 0.15) is 60.6 Å². The van der Waals surface area contributed by atoms with E-state index in [9.17, 15) is 10.2 Å². The standard InChI is InChI=1S/C33H41N11O2/c1-22-39-41-44(40-22)27-19-26(29(45)30(27)46)43-21-36-28-31(37-33(38-32(28)43)34-15-18-42-16-9-4-10-17-42)35-20-25(23-11-5-2-6-12-23)24-13-7-3-8-14-24/h2-3,5-8,11-14,21,25-27,29-30,45-46H,4,9-10,15-20H2,1H3,(H2,34,35,37,38)/t26-,27+,29+,30-/m1/s1. The number of anilines is 2. The summed E-state index contributed by atoms with van der Waals surface area (Å²) in [5, 5.41) is 41.6. The van der Waals surface area contributed by atoms with Gasteiger partial charge in [-0.15, -0.1) is 10.2 Å². The number of piperidine rings is 1. The van der Waals surface area contributed by atoms with E-state index in [0.29, 0.717) is 48.3 Å². The molecule has 1 saturated carbocycles. The van der Waals surface area contributed by atoms with Crippen molar-refractivity contribution in [3.8, 4) is 0 Å². The minimum atomic E-state index is -1.07. The second-order valence-corrected chi connectivity index (χ2v) is 12.3. The Bertz CT molecular complexity index is 1680. The van der Waals surface area contributed by atoms with Gasteiger partial charge in [0.05, 0.1) is 12.4 Å². The van der Waals surface area contributed by atoms with Crippen LogP contribution in [-0.2, 0) is 0 Å². The molecule has 7 rings (SSSR count). The molecule has 1 aliphatic carbocycles.